The van der Waals surface area contributed by atoms with Crippen LogP contribution in [0.5, 0.6) is 0 Å². The Morgan fingerprint density at radius 2 is 0.568 bits per heavy atom. The molecule has 2 aromatic heterocycles. The third-order valence-corrected chi connectivity index (χ3v) is 27.7. The Morgan fingerprint density at radius 1 is 0.252 bits per heavy atom. The number of para-hydroxylation sites is 4. The van der Waals surface area contributed by atoms with Crippen molar-refractivity contribution in [1.82, 2.24) is 9.13 Å². The molecule has 0 unspecified atom stereocenters. The highest BCUT2D eigenvalue weighted by Crippen LogP contribution is 2.57. The van der Waals surface area contributed by atoms with Gasteiger partial charge in [-0.1, -0.05) is 339 Å². The van der Waals surface area contributed by atoms with Crippen molar-refractivity contribution in [3.05, 3.63) is 320 Å². The third-order valence-electron chi connectivity index (χ3n) is 25.2. The van der Waals surface area contributed by atoms with Gasteiger partial charge >= 0.3 is 0 Å². The van der Waals surface area contributed by atoms with Crippen LogP contribution in [-0.4, -0.2) is 29.3 Å². The minimum atomic E-state index is -0.346. The van der Waals surface area contributed by atoms with Gasteiger partial charge < -0.3 is 18.9 Å². The predicted octanol–water partition coefficient (Wildman–Crippen LogP) is 21.1. The maximum atomic E-state index is 2.82. The molecular weight excluding hydrogens is 1380 g/mol. The van der Waals surface area contributed by atoms with E-state index in [0.717, 1.165) is 33.6 Å². The fourth-order valence-corrected chi connectivity index (χ4v) is 22.8. The average Bonchev–Trinajstić information content (AvgIpc) is 1.61. The molecule has 0 bridgehead atoms. The van der Waals surface area contributed by atoms with Gasteiger partial charge in [-0.25, -0.2) is 0 Å². The summed E-state index contributed by atoms with van der Waals surface area (Å²) in [5, 5.41) is 5.17. The van der Waals surface area contributed by atoms with Crippen LogP contribution >= 0.6 is 23.5 Å². The van der Waals surface area contributed by atoms with Crippen LogP contribution < -0.4 is 59.0 Å². The Balaban J connectivity index is 0.966. The molecule has 0 amide bonds. The van der Waals surface area contributed by atoms with Crippen LogP contribution in [0.25, 0.3) is 99.5 Å². The quantitative estimate of drug-likeness (QED) is 0.154. The van der Waals surface area contributed by atoms with Gasteiger partial charge in [0.15, 0.2) is 0 Å². The van der Waals surface area contributed by atoms with E-state index in [1.807, 2.05) is 23.5 Å². The van der Waals surface area contributed by atoms with Crippen molar-refractivity contribution in [3.63, 3.8) is 0 Å². The summed E-state index contributed by atoms with van der Waals surface area (Å²) in [6.45, 7) is 21.2. The van der Waals surface area contributed by atoms with Crippen molar-refractivity contribution in [2.45, 2.75) is 98.1 Å². The first kappa shape index (κ1) is 65.3. The van der Waals surface area contributed by atoms with E-state index in [1.165, 1.54) is 185 Å². The summed E-state index contributed by atoms with van der Waals surface area (Å²) in [6, 6.07) is 118. The molecule has 0 saturated heterocycles. The second-order valence-electron chi connectivity index (χ2n) is 34.6. The number of anilines is 6. The SMILES string of the molecule is CC(C)(C)c1cc2c3c(c1)N(c1c(-c4ccccc4)cccc1-c1ccccc1)c1cc4c5c(c1B3c1c(cc3c6c1Sc1ccccc1B6c1cc(C(C)(C)C)cc6c7ccccc7n-3c16)N2c1c(-c2ccccc2)cccc1-c1ccccc1)Sc1ccccc1B5c1cc(C(C)(C)C)cc2c3ccccc3n-4c12. The second-order valence-corrected chi connectivity index (χ2v) is 36.7. The molecule has 0 N–H and O–H groups in total. The minimum absolute atomic E-state index is 0.0929. The number of nitrogens with zero attached hydrogens (tertiary/aromatic N) is 4. The van der Waals surface area contributed by atoms with E-state index in [2.05, 4.69) is 385 Å². The van der Waals surface area contributed by atoms with Crippen LogP contribution in [-0.2, 0) is 16.2 Å². The van der Waals surface area contributed by atoms with Crippen molar-refractivity contribution >= 4 is 171 Å². The molecule has 4 nitrogen and oxygen atoms in total. The lowest BCUT2D eigenvalue weighted by atomic mass is 9.29. The summed E-state index contributed by atoms with van der Waals surface area (Å²) in [7, 11) is 0. The second kappa shape index (κ2) is 23.5. The van der Waals surface area contributed by atoms with E-state index in [9.17, 15) is 0 Å². The first-order valence-corrected chi connectivity index (χ1v) is 41.0. The monoisotopic (exact) mass is 1450 g/mol. The Labute approximate surface area is 658 Å². The first-order valence-electron chi connectivity index (χ1n) is 39.4. The maximum absolute atomic E-state index is 2.82. The van der Waals surface area contributed by atoms with Gasteiger partial charge in [-0.05, 0) is 154 Å². The fourth-order valence-electron chi connectivity index (χ4n) is 20.1. The van der Waals surface area contributed by atoms with Gasteiger partial charge in [0.1, 0.15) is 0 Å². The topological polar surface area (TPSA) is 16.3 Å². The number of fused-ring (bicyclic) bond motifs is 20. The minimum Gasteiger partial charge on any atom is -0.310 e. The lowest BCUT2D eigenvalue weighted by molar-refractivity contribution is 0.590. The smallest absolute Gasteiger partial charge is 0.255 e. The molecule has 8 heterocycles. The Kier molecular flexibility index (Phi) is 13.8. The van der Waals surface area contributed by atoms with Gasteiger partial charge in [0.05, 0.1) is 22.4 Å². The molecule has 0 atom stereocenters. The largest absolute Gasteiger partial charge is 0.310 e. The van der Waals surface area contributed by atoms with Gasteiger partial charge in [0.2, 0.25) is 13.4 Å². The van der Waals surface area contributed by atoms with Crippen molar-refractivity contribution < 1.29 is 0 Å². The van der Waals surface area contributed by atoms with Gasteiger partial charge in [-0.2, -0.15) is 0 Å². The zero-order valence-electron chi connectivity index (χ0n) is 63.7. The summed E-state index contributed by atoms with van der Waals surface area (Å²) in [5.74, 6) is 0. The molecule has 23 rings (SSSR count). The molecule has 6 aliphatic rings. The first-order chi connectivity index (χ1) is 54.0. The standard InChI is InChI=1S/C102H77B3N4S2/c1-100(2,3)64-52-73-71-40-22-26-48-79(71)106-83-58-85-92(98-90(83)103(77(54-64)96(73)106)75-46-24-28-50-87(75)110-98)105-89-81(108(85)94-67(60-32-14-10-15-33-60)42-30-43-68(94)61-34-16-11-17-35-61)56-66(102(7,8)9)57-82(89)109(95-69(62-36-18-12-19-37-62)44-31-45-70(95)63-38-20-13-21-39-63)86-59-84-91-99(93(86)105)111-88-51-29-25-47-76(88)104(91)78-55-65(101(4,5)6)53-74-72-41-23-27-49-80(72)107(84)97(74)78/h10-59H,1-9H3. The average molecular weight is 1460 g/mol. The summed E-state index contributed by atoms with van der Waals surface area (Å²) >= 11 is 4.04. The van der Waals surface area contributed by atoms with Crippen molar-refractivity contribution in [3.8, 4) is 55.9 Å². The molecular formula is C102H77B3N4S2. The molecule has 0 aliphatic carbocycles. The number of rotatable bonds is 6. The van der Waals surface area contributed by atoms with E-state index >= 15 is 0 Å². The van der Waals surface area contributed by atoms with Crippen LogP contribution in [0.15, 0.2) is 323 Å². The fraction of sp³-hybridized carbons (Fsp3) is 0.118. The van der Waals surface area contributed by atoms with E-state index < -0.39 is 0 Å². The molecule has 111 heavy (non-hydrogen) atoms. The number of benzene rings is 15. The summed E-state index contributed by atoms with van der Waals surface area (Å²) in [6.07, 6.45) is 0. The molecule has 0 fully saturated rings. The molecule has 6 aliphatic heterocycles. The van der Waals surface area contributed by atoms with Crippen LogP contribution in [0.2, 0.25) is 0 Å². The molecule has 9 heteroatoms. The molecule has 0 saturated carbocycles. The van der Waals surface area contributed by atoms with Crippen LogP contribution in [0.4, 0.5) is 34.1 Å². The van der Waals surface area contributed by atoms with E-state index in [4.69, 9.17) is 0 Å². The highest BCUT2D eigenvalue weighted by Gasteiger charge is 2.54. The van der Waals surface area contributed by atoms with Crippen LogP contribution in [0.1, 0.15) is 79.0 Å². The zero-order valence-corrected chi connectivity index (χ0v) is 65.3. The predicted molar refractivity (Wildman–Crippen MR) is 477 cm³/mol. The van der Waals surface area contributed by atoms with Crippen molar-refractivity contribution in [1.29, 1.82) is 0 Å². The van der Waals surface area contributed by atoms with E-state index in [1.54, 1.807) is 0 Å². The highest BCUT2D eigenvalue weighted by atomic mass is 32.2. The van der Waals surface area contributed by atoms with Gasteiger partial charge in [0.25, 0.3) is 6.71 Å². The number of aromatic nitrogens is 2. The van der Waals surface area contributed by atoms with Gasteiger partial charge in [-0.3, -0.25) is 0 Å². The van der Waals surface area contributed by atoms with Gasteiger partial charge in [-0.15, -0.1) is 0 Å². The van der Waals surface area contributed by atoms with E-state index in [0.29, 0.717) is 0 Å². The van der Waals surface area contributed by atoms with Crippen molar-refractivity contribution in [2.75, 3.05) is 9.80 Å². The summed E-state index contributed by atoms with van der Waals surface area (Å²) < 4.78 is 5.43. The Morgan fingerprint density at radius 3 is 0.937 bits per heavy atom. The summed E-state index contributed by atoms with van der Waals surface area (Å²) in [4.78, 5) is 10.9. The maximum Gasteiger partial charge on any atom is 0.255 e. The number of hydrogen-bond acceptors (Lipinski definition) is 4. The number of hydrogen-bond donors (Lipinski definition) is 0. The normalized spacial score (nSPS) is 14.0. The van der Waals surface area contributed by atoms with Gasteiger partial charge in [0, 0.05) is 109 Å². The lowest BCUT2D eigenvalue weighted by Crippen LogP contribution is -2.68. The van der Waals surface area contributed by atoms with E-state index in [-0.39, 0.29) is 36.4 Å². The summed E-state index contributed by atoms with van der Waals surface area (Å²) in [5.41, 5.74) is 39.4. The molecule has 0 radical (unpaired) electrons. The molecule has 17 aromatic rings. The molecule has 0 spiro atoms. The molecule has 526 valence electrons. The highest BCUT2D eigenvalue weighted by molar-refractivity contribution is 8.00. The van der Waals surface area contributed by atoms with Crippen LogP contribution in [0.3, 0.4) is 0 Å². The Bertz CT molecular complexity index is 6400. The zero-order chi connectivity index (χ0) is 74.4. The molecule has 15 aromatic carbocycles. The lowest BCUT2D eigenvalue weighted by Gasteiger charge is -2.49. The van der Waals surface area contributed by atoms with Crippen LogP contribution in [0, 0.1) is 0 Å². The Hall–Kier alpha value is -11.6. The van der Waals surface area contributed by atoms with Crippen molar-refractivity contribution in [2.24, 2.45) is 0 Å². The third kappa shape index (κ3) is 9.25.